The van der Waals surface area contributed by atoms with Gasteiger partial charge in [0.2, 0.25) is 0 Å². The Balaban J connectivity index is 1.88. The Labute approximate surface area is 130 Å². The molecule has 0 fully saturated rings. The highest BCUT2D eigenvalue weighted by Gasteiger charge is 2.26. The number of benzene rings is 2. The second-order valence-electron chi connectivity index (χ2n) is 5.76. The standard InChI is InChI=1S/C19H19NO2/c1-21-18-10-14-7-8-20-12-15-6-4-3-5-13(15)9-17(20)16(14)11-19(18)22-2/h3-6,9-11H,7-8,12H2,1-2H3. The summed E-state index contributed by atoms with van der Waals surface area (Å²) >= 11 is 0. The minimum Gasteiger partial charge on any atom is -0.493 e. The molecule has 0 saturated heterocycles. The third kappa shape index (κ3) is 1.97. The van der Waals surface area contributed by atoms with Crippen molar-refractivity contribution in [3.63, 3.8) is 0 Å². The van der Waals surface area contributed by atoms with Gasteiger partial charge in [0, 0.05) is 24.4 Å². The van der Waals surface area contributed by atoms with E-state index < -0.39 is 0 Å². The van der Waals surface area contributed by atoms with Crippen LogP contribution in [0, 0.1) is 0 Å². The van der Waals surface area contributed by atoms with E-state index in [1.807, 2.05) is 0 Å². The Morgan fingerprint density at radius 3 is 2.55 bits per heavy atom. The van der Waals surface area contributed by atoms with Crippen LogP contribution in [0.5, 0.6) is 11.5 Å². The van der Waals surface area contributed by atoms with E-state index in [0.717, 1.165) is 31.0 Å². The monoisotopic (exact) mass is 293 g/mol. The van der Waals surface area contributed by atoms with Gasteiger partial charge < -0.3 is 14.4 Å². The Kier molecular flexibility index (Phi) is 3.07. The number of hydrogen-bond acceptors (Lipinski definition) is 3. The molecule has 112 valence electrons. The molecule has 2 aromatic carbocycles. The molecule has 0 saturated carbocycles. The number of hydrogen-bond donors (Lipinski definition) is 0. The molecule has 3 heteroatoms. The Morgan fingerprint density at radius 2 is 1.73 bits per heavy atom. The van der Waals surface area contributed by atoms with Gasteiger partial charge >= 0.3 is 0 Å². The minimum absolute atomic E-state index is 0.794. The first-order chi connectivity index (χ1) is 10.8. The van der Waals surface area contributed by atoms with E-state index in [1.54, 1.807) is 14.2 Å². The van der Waals surface area contributed by atoms with Gasteiger partial charge in [0.1, 0.15) is 0 Å². The summed E-state index contributed by atoms with van der Waals surface area (Å²) in [6, 6.07) is 12.8. The number of ether oxygens (including phenoxy) is 2. The Hall–Kier alpha value is -2.42. The van der Waals surface area contributed by atoms with Gasteiger partial charge in [-0.15, -0.1) is 0 Å². The van der Waals surface area contributed by atoms with Crippen LogP contribution in [0.2, 0.25) is 0 Å². The molecule has 4 rings (SSSR count). The molecule has 0 amide bonds. The highest BCUT2D eigenvalue weighted by molar-refractivity contribution is 5.86. The van der Waals surface area contributed by atoms with Gasteiger partial charge in [0.25, 0.3) is 0 Å². The molecule has 0 aliphatic carbocycles. The molecule has 2 aromatic rings. The molecule has 0 bridgehead atoms. The average molecular weight is 293 g/mol. The predicted molar refractivity (Wildman–Crippen MR) is 88.0 cm³/mol. The molecule has 3 nitrogen and oxygen atoms in total. The van der Waals surface area contributed by atoms with E-state index in [9.17, 15) is 0 Å². The minimum atomic E-state index is 0.794. The first-order valence-electron chi connectivity index (χ1n) is 7.60. The van der Waals surface area contributed by atoms with Crippen molar-refractivity contribution in [2.75, 3.05) is 20.8 Å². The van der Waals surface area contributed by atoms with Gasteiger partial charge in [-0.1, -0.05) is 24.3 Å². The second kappa shape index (κ2) is 5.09. The van der Waals surface area contributed by atoms with Crippen LogP contribution in [-0.4, -0.2) is 25.7 Å². The molecule has 0 aromatic heterocycles. The fourth-order valence-electron chi connectivity index (χ4n) is 3.42. The maximum absolute atomic E-state index is 5.48. The number of rotatable bonds is 2. The van der Waals surface area contributed by atoms with Crippen LogP contribution in [0.1, 0.15) is 22.3 Å². The Bertz CT molecular complexity index is 764. The fraction of sp³-hybridized carbons (Fsp3) is 0.263. The lowest BCUT2D eigenvalue weighted by Crippen LogP contribution is -2.31. The van der Waals surface area contributed by atoms with Crippen LogP contribution in [0.4, 0.5) is 0 Å². The summed E-state index contributed by atoms with van der Waals surface area (Å²) in [7, 11) is 3.38. The lowest BCUT2D eigenvalue weighted by Gasteiger charge is -2.37. The molecule has 0 radical (unpaired) electrons. The van der Waals surface area contributed by atoms with Crippen LogP contribution < -0.4 is 9.47 Å². The van der Waals surface area contributed by atoms with E-state index >= 15 is 0 Å². The summed E-state index contributed by atoms with van der Waals surface area (Å²) < 4.78 is 10.9. The van der Waals surface area contributed by atoms with Crippen molar-refractivity contribution < 1.29 is 9.47 Å². The summed E-state index contributed by atoms with van der Waals surface area (Å²) in [5.74, 6) is 1.61. The second-order valence-corrected chi connectivity index (χ2v) is 5.76. The van der Waals surface area contributed by atoms with E-state index in [1.165, 1.54) is 28.0 Å². The van der Waals surface area contributed by atoms with Crippen LogP contribution in [0.15, 0.2) is 36.4 Å². The number of methoxy groups -OCH3 is 2. The van der Waals surface area contributed by atoms with Gasteiger partial charge in [0.05, 0.1) is 14.2 Å². The van der Waals surface area contributed by atoms with Crippen molar-refractivity contribution in [1.82, 2.24) is 4.90 Å². The normalized spacial score (nSPS) is 15.4. The van der Waals surface area contributed by atoms with E-state index in [-0.39, 0.29) is 0 Å². The summed E-state index contributed by atoms with van der Waals surface area (Å²) in [6.07, 6.45) is 3.33. The lowest BCUT2D eigenvalue weighted by atomic mass is 9.90. The molecule has 2 heterocycles. The third-order valence-corrected chi connectivity index (χ3v) is 4.59. The van der Waals surface area contributed by atoms with Crippen molar-refractivity contribution in [2.24, 2.45) is 0 Å². The molecule has 22 heavy (non-hydrogen) atoms. The fourth-order valence-corrected chi connectivity index (χ4v) is 3.42. The first kappa shape index (κ1) is 13.3. The zero-order chi connectivity index (χ0) is 15.1. The van der Waals surface area contributed by atoms with E-state index in [4.69, 9.17) is 9.47 Å². The van der Waals surface area contributed by atoms with Gasteiger partial charge in [-0.3, -0.25) is 0 Å². The smallest absolute Gasteiger partial charge is 0.161 e. The SMILES string of the molecule is COc1cc2c(cc1OC)C1=Cc3ccccc3CN1CC2. The maximum Gasteiger partial charge on any atom is 0.161 e. The van der Waals surface area contributed by atoms with Gasteiger partial charge in [-0.05, 0) is 41.3 Å². The van der Waals surface area contributed by atoms with Crippen molar-refractivity contribution in [2.45, 2.75) is 13.0 Å². The molecule has 0 unspecified atom stereocenters. The summed E-state index contributed by atoms with van der Waals surface area (Å²) in [4.78, 5) is 2.45. The van der Waals surface area contributed by atoms with E-state index in [2.05, 4.69) is 47.4 Å². The highest BCUT2D eigenvalue weighted by Crippen LogP contribution is 2.40. The van der Waals surface area contributed by atoms with Crippen LogP contribution in [0.3, 0.4) is 0 Å². The Morgan fingerprint density at radius 1 is 0.955 bits per heavy atom. The molecule has 0 atom stereocenters. The first-order valence-corrected chi connectivity index (χ1v) is 7.60. The molecular weight excluding hydrogens is 274 g/mol. The quantitative estimate of drug-likeness (QED) is 0.845. The molecule has 0 N–H and O–H groups in total. The molecule has 0 spiro atoms. The van der Waals surface area contributed by atoms with Crippen LogP contribution in [-0.2, 0) is 13.0 Å². The van der Waals surface area contributed by atoms with Crippen LogP contribution >= 0.6 is 0 Å². The van der Waals surface area contributed by atoms with Gasteiger partial charge in [0.15, 0.2) is 11.5 Å². The van der Waals surface area contributed by atoms with Crippen molar-refractivity contribution in [3.8, 4) is 11.5 Å². The average Bonchev–Trinajstić information content (AvgIpc) is 2.58. The zero-order valence-corrected chi connectivity index (χ0v) is 12.9. The third-order valence-electron chi connectivity index (χ3n) is 4.59. The van der Waals surface area contributed by atoms with Crippen molar-refractivity contribution >= 4 is 11.8 Å². The lowest BCUT2D eigenvalue weighted by molar-refractivity contribution is 0.350. The van der Waals surface area contributed by atoms with Gasteiger partial charge in [-0.2, -0.15) is 0 Å². The summed E-state index contributed by atoms with van der Waals surface area (Å²) in [5.41, 5.74) is 6.60. The summed E-state index contributed by atoms with van der Waals surface area (Å²) in [6.45, 7) is 2.03. The maximum atomic E-state index is 5.48. The summed E-state index contributed by atoms with van der Waals surface area (Å²) in [5, 5.41) is 0. The largest absolute Gasteiger partial charge is 0.493 e. The molecule has 2 aliphatic heterocycles. The predicted octanol–water partition coefficient (Wildman–Crippen LogP) is 3.57. The molecular formula is C19H19NO2. The van der Waals surface area contributed by atoms with Crippen molar-refractivity contribution in [1.29, 1.82) is 0 Å². The zero-order valence-electron chi connectivity index (χ0n) is 12.9. The topological polar surface area (TPSA) is 21.7 Å². The van der Waals surface area contributed by atoms with Crippen molar-refractivity contribution in [3.05, 3.63) is 58.7 Å². The molecule has 2 aliphatic rings. The highest BCUT2D eigenvalue weighted by atomic mass is 16.5. The van der Waals surface area contributed by atoms with Gasteiger partial charge in [-0.25, -0.2) is 0 Å². The van der Waals surface area contributed by atoms with E-state index in [0.29, 0.717) is 0 Å². The number of fused-ring (bicyclic) bond motifs is 4. The number of nitrogens with zero attached hydrogens (tertiary/aromatic N) is 1. The van der Waals surface area contributed by atoms with Crippen LogP contribution in [0.25, 0.3) is 11.8 Å².